The Kier molecular flexibility index (Phi) is 4.33. The summed E-state index contributed by atoms with van der Waals surface area (Å²) in [6.45, 7) is 6.68. The van der Waals surface area contributed by atoms with Gasteiger partial charge in [0.15, 0.2) is 0 Å². The van der Waals surface area contributed by atoms with Crippen molar-refractivity contribution >= 4 is 17.4 Å². The summed E-state index contributed by atoms with van der Waals surface area (Å²) >= 11 is 1.77. The molecule has 0 heterocycles. The SMILES string of the molecule is CSc1ccc(N[C@H](C)C(C)C)cc1. The minimum atomic E-state index is 0.523. The van der Waals surface area contributed by atoms with Gasteiger partial charge in [-0.15, -0.1) is 11.8 Å². The summed E-state index contributed by atoms with van der Waals surface area (Å²) < 4.78 is 0. The molecule has 1 rings (SSSR count). The van der Waals surface area contributed by atoms with Gasteiger partial charge in [0.05, 0.1) is 0 Å². The van der Waals surface area contributed by atoms with Crippen molar-refractivity contribution in [3.63, 3.8) is 0 Å². The van der Waals surface area contributed by atoms with E-state index in [-0.39, 0.29) is 0 Å². The number of thioether (sulfide) groups is 1. The number of hydrogen-bond donors (Lipinski definition) is 1. The minimum absolute atomic E-state index is 0.523. The third-order valence-corrected chi connectivity index (χ3v) is 3.23. The lowest BCUT2D eigenvalue weighted by Gasteiger charge is -2.18. The molecule has 0 unspecified atom stereocenters. The number of nitrogens with one attached hydrogen (secondary N) is 1. The number of benzene rings is 1. The highest BCUT2D eigenvalue weighted by Gasteiger charge is 2.05. The average Bonchev–Trinajstić information content (AvgIpc) is 2.19. The predicted octanol–water partition coefficient (Wildman–Crippen LogP) is 3.86. The maximum Gasteiger partial charge on any atom is 0.0343 e. The van der Waals surface area contributed by atoms with Gasteiger partial charge in [-0.25, -0.2) is 0 Å². The Morgan fingerprint density at radius 3 is 2.07 bits per heavy atom. The smallest absolute Gasteiger partial charge is 0.0343 e. The van der Waals surface area contributed by atoms with Crippen LogP contribution in [-0.2, 0) is 0 Å². The minimum Gasteiger partial charge on any atom is -0.382 e. The van der Waals surface area contributed by atoms with Crippen LogP contribution in [0.1, 0.15) is 20.8 Å². The zero-order valence-electron chi connectivity index (χ0n) is 9.37. The largest absolute Gasteiger partial charge is 0.382 e. The van der Waals surface area contributed by atoms with Gasteiger partial charge in [0, 0.05) is 16.6 Å². The molecule has 0 aliphatic rings. The molecule has 1 nitrogen and oxygen atoms in total. The first-order valence-electron chi connectivity index (χ1n) is 5.04. The van der Waals surface area contributed by atoms with E-state index >= 15 is 0 Å². The average molecular weight is 209 g/mol. The number of hydrogen-bond acceptors (Lipinski definition) is 2. The third-order valence-electron chi connectivity index (χ3n) is 2.48. The highest BCUT2D eigenvalue weighted by Crippen LogP contribution is 2.18. The Balaban J connectivity index is 2.59. The first-order valence-corrected chi connectivity index (χ1v) is 6.26. The number of anilines is 1. The van der Waals surface area contributed by atoms with Crippen molar-refractivity contribution in [2.24, 2.45) is 5.92 Å². The van der Waals surface area contributed by atoms with Gasteiger partial charge < -0.3 is 5.32 Å². The summed E-state index contributed by atoms with van der Waals surface area (Å²) in [6.07, 6.45) is 2.10. The highest BCUT2D eigenvalue weighted by molar-refractivity contribution is 7.98. The molecule has 0 fully saturated rings. The van der Waals surface area contributed by atoms with E-state index in [1.54, 1.807) is 11.8 Å². The summed E-state index contributed by atoms with van der Waals surface area (Å²) in [5.41, 5.74) is 1.21. The van der Waals surface area contributed by atoms with Crippen LogP contribution in [0.3, 0.4) is 0 Å². The molecule has 0 saturated carbocycles. The summed E-state index contributed by atoms with van der Waals surface area (Å²) in [6, 6.07) is 9.12. The molecule has 0 aromatic heterocycles. The van der Waals surface area contributed by atoms with Crippen molar-refractivity contribution in [3.8, 4) is 0 Å². The number of rotatable bonds is 4. The molecule has 1 aromatic rings. The third kappa shape index (κ3) is 3.26. The van der Waals surface area contributed by atoms with Crippen LogP contribution in [0.2, 0.25) is 0 Å². The fraction of sp³-hybridized carbons (Fsp3) is 0.500. The van der Waals surface area contributed by atoms with Crippen molar-refractivity contribution in [3.05, 3.63) is 24.3 Å². The molecule has 0 aliphatic carbocycles. The van der Waals surface area contributed by atoms with E-state index in [0.29, 0.717) is 12.0 Å². The Hall–Kier alpha value is -0.630. The van der Waals surface area contributed by atoms with Crippen LogP contribution >= 0.6 is 11.8 Å². The van der Waals surface area contributed by atoms with Crippen LogP contribution in [0.25, 0.3) is 0 Å². The lowest BCUT2D eigenvalue weighted by molar-refractivity contribution is 0.560. The van der Waals surface area contributed by atoms with Crippen LogP contribution in [0.5, 0.6) is 0 Å². The van der Waals surface area contributed by atoms with Crippen LogP contribution in [0.15, 0.2) is 29.2 Å². The molecule has 0 saturated heterocycles. The van der Waals surface area contributed by atoms with E-state index in [1.165, 1.54) is 10.6 Å². The van der Waals surface area contributed by atoms with Gasteiger partial charge in [0.2, 0.25) is 0 Å². The van der Waals surface area contributed by atoms with Gasteiger partial charge in [-0.3, -0.25) is 0 Å². The van der Waals surface area contributed by atoms with E-state index in [2.05, 4.69) is 56.6 Å². The molecule has 1 N–H and O–H groups in total. The second kappa shape index (κ2) is 5.30. The van der Waals surface area contributed by atoms with Crippen LogP contribution in [-0.4, -0.2) is 12.3 Å². The standard InChI is InChI=1S/C12H19NS/c1-9(2)10(3)13-11-5-7-12(14-4)8-6-11/h5-10,13H,1-4H3/t10-/m1/s1. The molecule has 0 radical (unpaired) electrons. The van der Waals surface area contributed by atoms with Gasteiger partial charge in [0.1, 0.15) is 0 Å². The Morgan fingerprint density at radius 1 is 1.07 bits per heavy atom. The fourth-order valence-electron chi connectivity index (χ4n) is 1.12. The van der Waals surface area contributed by atoms with Crippen molar-refractivity contribution in [1.82, 2.24) is 0 Å². The summed E-state index contributed by atoms with van der Waals surface area (Å²) in [5.74, 6) is 0.662. The quantitative estimate of drug-likeness (QED) is 0.756. The van der Waals surface area contributed by atoms with Crippen LogP contribution < -0.4 is 5.32 Å². The molecule has 0 amide bonds. The summed E-state index contributed by atoms with van der Waals surface area (Å²) in [4.78, 5) is 1.31. The molecule has 0 aliphatic heterocycles. The van der Waals surface area contributed by atoms with Gasteiger partial charge >= 0.3 is 0 Å². The molecular weight excluding hydrogens is 190 g/mol. The zero-order valence-corrected chi connectivity index (χ0v) is 10.2. The van der Waals surface area contributed by atoms with Crippen LogP contribution in [0, 0.1) is 5.92 Å². The van der Waals surface area contributed by atoms with E-state index in [0.717, 1.165) is 0 Å². The van der Waals surface area contributed by atoms with Gasteiger partial charge in [-0.05, 0) is 43.4 Å². The highest BCUT2D eigenvalue weighted by atomic mass is 32.2. The molecule has 78 valence electrons. The zero-order chi connectivity index (χ0) is 10.6. The Bertz CT molecular complexity index is 266. The van der Waals surface area contributed by atoms with Crippen LogP contribution in [0.4, 0.5) is 5.69 Å². The lowest BCUT2D eigenvalue weighted by Crippen LogP contribution is -2.21. The fourth-order valence-corrected chi connectivity index (χ4v) is 1.53. The first-order chi connectivity index (χ1) is 6.63. The second-order valence-electron chi connectivity index (χ2n) is 3.91. The predicted molar refractivity (Wildman–Crippen MR) is 66.1 cm³/mol. The van der Waals surface area contributed by atoms with Gasteiger partial charge in [-0.1, -0.05) is 13.8 Å². The maximum atomic E-state index is 3.48. The van der Waals surface area contributed by atoms with Gasteiger partial charge in [0.25, 0.3) is 0 Å². The van der Waals surface area contributed by atoms with E-state index < -0.39 is 0 Å². The van der Waals surface area contributed by atoms with E-state index in [1.807, 2.05) is 0 Å². The van der Waals surface area contributed by atoms with Crippen molar-refractivity contribution < 1.29 is 0 Å². The first kappa shape index (κ1) is 11.4. The molecular formula is C12H19NS. The summed E-state index contributed by atoms with van der Waals surface area (Å²) in [7, 11) is 0. The Morgan fingerprint density at radius 2 is 1.64 bits per heavy atom. The normalized spacial score (nSPS) is 12.9. The molecule has 0 spiro atoms. The van der Waals surface area contributed by atoms with Crippen molar-refractivity contribution in [2.75, 3.05) is 11.6 Å². The topological polar surface area (TPSA) is 12.0 Å². The summed E-state index contributed by atoms with van der Waals surface area (Å²) in [5, 5.41) is 3.48. The van der Waals surface area contributed by atoms with Gasteiger partial charge in [-0.2, -0.15) is 0 Å². The lowest BCUT2D eigenvalue weighted by atomic mass is 10.1. The monoisotopic (exact) mass is 209 g/mol. The Labute approximate surface area is 91.3 Å². The van der Waals surface area contributed by atoms with E-state index in [9.17, 15) is 0 Å². The van der Waals surface area contributed by atoms with E-state index in [4.69, 9.17) is 0 Å². The van der Waals surface area contributed by atoms with Crippen molar-refractivity contribution in [1.29, 1.82) is 0 Å². The molecule has 0 bridgehead atoms. The maximum absolute atomic E-state index is 3.48. The second-order valence-corrected chi connectivity index (χ2v) is 4.79. The molecule has 1 atom stereocenters. The molecule has 1 aromatic carbocycles. The molecule has 14 heavy (non-hydrogen) atoms. The van der Waals surface area contributed by atoms with Crippen molar-refractivity contribution in [2.45, 2.75) is 31.7 Å². The molecule has 2 heteroatoms.